The highest BCUT2D eigenvalue weighted by atomic mass is 16.5. The van der Waals surface area contributed by atoms with Gasteiger partial charge in [-0.1, -0.05) is 0 Å². The first-order valence-electron chi connectivity index (χ1n) is 8.03. The van der Waals surface area contributed by atoms with Gasteiger partial charge in [-0.05, 0) is 33.3 Å². The van der Waals surface area contributed by atoms with Crippen LogP contribution in [0.4, 0.5) is 0 Å². The molecule has 0 aliphatic carbocycles. The molecule has 2 atom stereocenters. The second-order valence-corrected chi connectivity index (χ2v) is 6.27. The lowest BCUT2D eigenvalue weighted by Gasteiger charge is -2.20. The summed E-state index contributed by atoms with van der Waals surface area (Å²) in [7, 11) is 1.95. The number of amides is 1. The van der Waals surface area contributed by atoms with Gasteiger partial charge in [-0.15, -0.1) is 0 Å². The highest BCUT2D eigenvalue weighted by Gasteiger charge is 2.33. The van der Waals surface area contributed by atoms with Crippen LogP contribution in [-0.2, 0) is 11.8 Å². The second kappa shape index (κ2) is 6.20. The molecule has 2 aromatic rings. The first kappa shape index (κ1) is 15.8. The SMILES string of the molecule is Cc1nn(C)c(C)c1[C@H]1OCC[C@@H]1CNC(=O)c1cc[nH]c1C. The molecule has 1 amide bonds. The Morgan fingerprint density at radius 2 is 2.26 bits per heavy atom. The molecular weight excluding hydrogens is 292 g/mol. The first-order valence-corrected chi connectivity index (χ1v) is 8.03. The summed E-state index contributed by atoms with van der Waals surface area (Å²) in [6.45, 7) is 7.32. The summed E-state index contributed by atoms with van der Waals surface area (Å²) in [6, 6.07) is 1.81. The number of aromatic amines is 1. The number of nitrogens with one attached hydrogen (secondary N) is 2. The van der Waals surface area contributed by atoms with Crippen LogP contribution in [0.1, 0.15) is 45.5 Å². The van der Waals surface area contributed by atoms with E-state index in [1.165, 1.54) is 5.56 Å². The molecule has 0 aromatic carbocycles. The maximum Gasteiger partial charge on any atom is 0.253 e. The fourth-order valence-corrected chi connectivity index (χ4v) is 3.38. The van der Waals surface area contributed by atoms with Crippen LogP contribution < -0.4 is 5.32 Å². The summed E-state index contributed by atoms with van der Waals surface area (Å²) in [5.74, 6) is 0.244. The molecule has 1 aliphatic rings. The molecule has 23 heavy (non-hydrogen) atoms. The predicted octanol–water partition coefficient (Wildman–Crippen LogP) is 2.18. The summed E-state index contributed by atoms with van der Waals surface area (Å²) in [6.07, 6.45) is 2.75. The van der Waals surface area contributed by atoms with Crippen LogP contribution in [0.2, 0.25) is 0 Å². The van der Waals surface area contributed by atoms with E-state index in [2.05, 4.69) is 22.3 Å². The summed E-state index contributed by atoms with van der Waals surface area (Å²) in [4.78, 5) is 15.3. The van der Waals surface area contributed by atoms with Crippen molar-refractivity contribution in [1.82, 2.24) is 20.1 Å². The Hall–Kier alpha value is -2.08. The number of rotatable bonds is 4. The van der Waals surface area contributed by atoms with Crippen LogP contribution in [0.5, 0.6) is 0 Å². The molecule has 124 valence electrons. The zero-order chi connectivity index (χ0) is 16.6. The molecule has 0 saturated carbocycles. The van der Waals surface area contributed by atoms with Crippen LogP contribution in [0.25, 0.3) is 0 Å². The smallest absolute Gasteiger partial charge is 0.253 e. The van der Waals surface area contributed by atoms with Crippen molar-refractivity contribution in [3.63, 3.8) is 0 Å². The van der Waals surface area contributed by atoms with Crippen LogP contribution >= 0.6 is 0 Å². The van der Waals surface area contributed by atoms with Crippen molar-refractivity contribution in [1.29, 1.82) is 0 Å². The van der Waals surface area contributed by atoms with E-state index in [0.717, 1.165) is 30.1 Å². The molecule has 0 radical (unpaired) electrons. The van der Waals surface area contributed by atoms with Crippen LogP contribution in [0, 0.1) is 26.7 Å². The number of hydrogen-bond donors (Lipinski definition) is 2. The lowest BCUT2D eigenvalue weighted by atomic mass is 9.94. The van der Waals surface area contributed by atoms with Crippen molar-refractivity contribution in [2.45, 2.75) is 33.3 Å². The van der Waals surface area contributed by atoms with Crippen molar-refractivity contribution in [3.8, 4) is 0 Å². The van der Waals surface area contributed by atoms with Gasteiger partial charge in [0, 0.05) is 49.3 Å². The fourth-order valence-electron chi connectivity index (χ4n) is 3.38. The van der Waals surface area contributed by atoms with Crippen LogP contribution in [0.3, 0.4) is 0 Å². The number of carbonyl (C=O) groups excluding carboxylic acids is 1. The van der Waals surface area contributed by atoms with E-state index in [-0.39, 0.29) is 17.9 Å². The number of H-pyrrole nitrogens is 1. The predicted molar refractivity (Wildman–Crippen MR) is 87.3 cm³/mol. The molecule has 2 aromatic heterocycles. The Balaban J connectivity index is 1.70. The lowest BCUT2D eigenvalue weighted by molar-refractivity contribution is 0.0840. The number of nitrogens with zero attached hydrogens (tertiary/aromatic N) is 2. The molecule has 2 N–H and O–H groups in total. The summed E-state index contributed by atoms with van der Waals surface area (Å²) < 4.78 is 7.86. The average Bonchev–Trinajstić information content (AvgIpc) is 3.18. The summed E-state index contributed by atoms with van der Waals surface area (Å²) in [5, 5.41) is 7.53. The van der Waals surface area contributed by atoms with Gasteiger partial charge >= 0.3 is 0 Å². The Morgan fingerprint density at radius 1 is 1.48 bits per heavy atom. The van der Waals surface area contributed by atoms with E-state index in [4.69, 9.17) is 4.74 Å². The molecule has 3 rings (SSSR count). The molecule has 0 unspecified atom stereocenters. The molecule has 6 nitrogen and oxygen atoms in total. The monoisotopic (exact) mass is 316 g/mol. The number of hydrogen-bond acceptors (Lipinski definition) is 3. The largest absolute Gasteiger partial charge is 0.373 e. The minimum absolute atomic E-state index is 0.0105. The maximum atomic E-state index is 12.3. The van der Waals surface area contributed by atoms with Crippen LogP contribution in [-0.4, -0.2) is 33.8 Å². The van der Waals surface area contributed by atoms with Gasteiger partial charge in [0.05, 0.1) is 17.4 Å². The Labute approximate surface area is 136 Å². The van der Waals surface area contributed by atoms with Gasteiger partial charge in [0.1, 0.15) is 0 Å². The van der Waals surface area contributed by atoms with Crippen LogP contribution in [0.15, 0.2) is 12.3 Å². The van der Waals surface area contributed by atoms with E-state index >= 15 is 0 Å². The first-order chi connectivity index (χ1) is 11.0. The zero-order valence-corrected chi connectivity index (χ0v) is 14.1. The quantitative estimate of drug-likeness (QED) is 0.908. The summed E-state index contributed by atoms with van der Waals surface area (Å²) >= 11 is 0. The maximum absolute atomic E-state index is 12.3. The molecular formula is C17H24N4O2. The number of carbonyl (C=O) groups is 1. The third kappa shape index (κ3) is 2.91. The van der Waals surface area contributed by atoms with E-state index < -0.39 is 0 Å². The standard InChI is InChI=1S/C17H24N4O2/c1-10-14(5-7-18-10)17(22)19-9-13-6-8-23-16(13)15-11(2)20-21(4)12(15)3/h5,7,13,16,18H,6,8-9H2,1-4H3,(H,19,22)/t13-,16+/m1/s1. The molecule has 0 spiro atoms. The minimum atomic E-state index is -0.0333. The summed E-state index contributed by atoms with van der Waals surface area (Å²) in [5.41, 5.74) is 4.90. The molecule has 1 aliphatic heterocycles. The van der Waals surface area contributed by atoms with E-state index in [1.54, 1.807) is 6.20 Å². The van der Waals surface area contributed by atoms with E-state index in [1.807, 2.05) is 31.6 Å². The number of ether oxygens (including phenoxy) is 1. The average molecular weight is 316 g/mol. The topological polar surface area (TPSA) is 71.9 Å². The molecule has 1 saturated heterocycles. The Morgan fingerprint density at radius 3 is 2.87 bits per heavy atom. The van der Waals surface area contributed by atoms with E-state index in [0.29, 0.717) is 12.1 Å². The lowest BCUT2D eigenvalue weighted by Crippen LogP contribution is -2.31. The number of aromatic nitrogens is 3. The van der Waals surface area contributed by atoms with Crippen molar-refractivity contribution in [3.05, 3.63) is 40.5 Å². The highest BCUT2D eigenvalue weighted by molar-refractivity contribution is 5.95. The normalized spacial score (nSPS) is 20.9. The minimum Gasteiger partial charge on any atom is -0.373 e. The van der Waals surface area contributed by atoms with Gasteiger partial charge in [-0.3, -0.25) is 9.48 Å². The fraction of sp³-hybridized carbons (Fsp3) is 0.529. The van der Waals surface area contributed by atoms with E-state index in [9.17, 15) is 4.79 Å². The molecule has 3 heterocycles. The number of aryl methyl sites for hydroxylation is 3. The molecule has 0 bridgehead atoms. The van der Waals surface area contributed by atoms with Crippen molar-refractivity contribution in [2.24, 2.45) is 13.0 Å². The van der Waals surface area contributed by atoms with Crippen molar-refractivity contribution < 1.29 is 9.53 Å². The van der Waals surface area contributed by atoms with Gasteiger partial charge < -0.3 is 15.0 Å². The Bertz CT molecular complexity index is 716. The van der Waals surface area contributed by atoms with Gasteiger partial charge in [0.2, 0.25) is 0 Å². The van der Waals surface area contributed by atoms with Gasteiger partial charge in [-0.25, -0.2) is 0 Å². The van der Waals surface area contributed by atoms with Crippen molar-refractivity contribution >= 4 is 5.91 Å². The molecule has 6 heteroatoms. The third-order valence-corrected chi connectivity index (χ3v) is 4.79. The third-order valence-electron chi connectivity index (χ3n) is 4.79. The van der Waals surface area contributed by atoms with Gasteiger partial charge in [-0.2, -0.15) is 5.10 Å². The zero-order valence-electron chi connectivity index (χ0n) is 14.1. The molecule has 1 fully saturated rings. The van der Waals surface area contributed by atoms with Gasteiger partial charge in [0.15, 0.2) is 0 Å². The highest BCUT2D eigenvalue weighted by Crippen LogP contribution is 2.37. The van der Waals surface area contributed by atoms with Gasteiger partial charge in [0.25, 0.3) is 5.91 Å². The Kier molecular flexibility index (Phi) is 4.26. The van der Waals surface area contributed by atoms with Crippen molar-refractivity contribution in [2.75, 3.05) is 13.2 Å². The second-order valence-electron chi connectivity index (χ2n) is 6.27.